The zero-order valence-electron chi connectivity index (χ0n) is 11.7. The van der Waals surface area contributed by atoms with Crippen LogP contribution < -0.4 is 5.73 Å². The van der Waals surface area contributed by atoms with Crippen molar-refractivity contribution in [2.75, 3.05) is 0 Å². The van der Waals surface area contributed by atoms with Crippen molar-refractivity contribution in [2.24, 2.45) is 17.6 Å². The van der Waals surface area contributed by atoms with Gasteiger partial charge in [0.1, 0.15) is 0 Å². The summed E-state index contributed by atoms with van der Waals surface area (Å²) >= 11 is 0. The fraction of sp³-hybridized carbons (Fsp3) is 1.00. The third-order valence-electron chi connectivity index (χ3n) is 3.88. The van der Waals surface area contributed by atoms with Gasteiger partial charge in [-0.05, 0) is 24.7 Å². The lowest BCUT2D eigenvalue weighted by Gasteiger charge is -2.29. The smallest absolute Gasteiger partial charge is 0.0949 e. The average molecular weight is 280 g/mol. The first-order valence-electron chi connectivity index (χ1n) is 7.12. The van der Waals surface area contributed by atoms with Crippen molar-refractivity contribution in [1.29, 1.82) is 0 Å². The molecule has 18 heavy (non-hydrogen) atoms. The molecule has 1 fully saturated rings. The zero-order chi connectivity index (χ0) is 12.8. The van der Waals surface area contributed by atoms with Crippen molar-refractivity contribution < 1.29 is 10.2 Å². The van der Waals surface area contributed by atoms with Gasteiger partial charge in [-0.15, -0.1) is 12.4 Å². The molecule has 1 saturated carbocycles. The number of aliphatic hydroxyl groups excluding tert-OH is 2. The molecule has 4 N–H and O–H groups in total. The summed E-state index contributed by atoms with van der Waals surface area (Å²) in [4.78, 5) is 0. The molecule has 1 aliphatic carbocycles. The maximum atomic E-state index is 9.99. The van der Waals surface area contributed by atoms with E-state index in [0.29, 0.717) is 18.3 Å². The lowest BCUT2D eigenvalue weighted by Crippen LogP contribution is -2.44. The van der Waals surface area contributed by atoms with Crippen LogP contribution in [0, 0.1) is 11.8 Å². The Kier molecular flexibility index (Phi) is 9.22. The molecule has 3 atom stereocenters. The van der Waals surface area contributed by atoms with Crippen LogP contribution in [0.4, 0.5) is 0 Å². The van der Waals surface area contributed by atoms with Gasteiger partial charge in [-0.25, -0.2) is 0 Å². The topological polar surface area (TPSA) is 66.5 Å². The van der Waals surface area contributed by atoms with Gasteiger partial charge >= 0.3 is 0 Å². The van der Waals surface area contributed by atoms with E-state index in [1.807, 2.05) is 13.8 Å². The molecule has 0 spiro atoms. The average Bonchev–Trinajstić information content (AvgIpc) is 2.28. The second kappa shape index (κ2) is 9.13. The highest BCUT2D eigenvalue weighted by atomic mass is 35.5. The Labute approximate surface area is 118 Å². The Hall–Kier alpha value is 0.170. The lowest BCUT2D eigenvalue weighted by molar-refractivity contribution is -0.0117. The zero-order valence-corrected chi connectivity index (χ0v) is 12.5. The molecule has 3 nitrogen and oxygen atoms in total. The second-order valence-electron chi connectivity index (χ2n) is 6.09. The highest BCUT2D eigenvalue weighted by molar-refractivity contribution is 5.85. The minimum atomic E-state index is -0.765. The van der Waals surface area contributed by atoms with Gasteiger partial charge < -0.3 is 15.9 Å². The number of hydrogen-bond acceptors (Lipinski definition) is 3. The van der Waals surface area contributed by atoms with Crippen molar-refractivity contribution in [1.82, 2.24) is 0 Å². The molecule has 0 bridgehead atoms. The Bertz CT molecular complexity index is 208. The molecule has 0 radical (unpaired) electrons. The van der Waals surface area contributed by atoms with Gasteiger partial charge in [-0.2, -0.15) is 0 Å². The summed E-state index contributed by atoms with van der Waals surface area (Å²) in [6, 6.07) is -0.271. The molecule has 110 valence electrons. The van der Waals surface area contributed by atoms with E-state index in [2.05, 4.69) is 0 Å². The molecule has 1 aliphatic rings. The van der Waals surface area contributed by atoms with E-state index in [1.54, 1.807) is 0 Å². The summed E-state index contributed by atoms with van der Waals surface area (Å²) in [5.41, 5.74) is 6.01. The summed E-state index contributed by atoms with van der Waals surface area (Å²) in [5, 5.41) is 19.8. The van der Waals surface area contributed by atoms with E-state index in [4.69, 9.17) is 5.73 Å². The molecule has 0 unspecified atom stereocenters. The predicted octanol–water partition coefficient (Wildman–Crippen LogP) is 2.47. The number of rotatable bonds is 6. The SMILES string of the molecule is CC(C)C[C@H](O)[C@H](O)[C@@H](N)CC1CCCCC1.Cl. The molecular weight excluding hydrogens is 250 g/mol. The molecule has 0 aromatic heterocycles. The van der Waals surface area contributed by atoms with E-state index in [-0.39, 0.29) is 18.4 Å². The Morgan fingerprint density at radius 2 is 1.67 bits per heavy atom. The predicted molar refractivity (Wildman–Crippen MR) is 77.9 cm³/mol. The monoisotopic (exact) mass is 279 g/mol. The molecular formula is C14H30ClNO2. The number of halogens is 1. The Morgan fingerprint density at radius 3 is 2.17 bits per heavy atom. The third kappa shape index (κ3) is 6.37. The van der Waals surface area contributed by atoms with Crippen LogP contribution in [-0.2, 0) is 0 Å². The maximum Gasteiger partial charge on any atom is 0.0949 e. The standard InChI is InChI=1S/C14H29NO2.ClH/c1-10(2)8-13(16)14(17)12(15)9-11-6-4-3-5-7-11;/h10-14,16-17H,3-9,15H2,1-2H3;1H/t12-,13-,14+;/m0./s1. The van der Waals surface area contributed by atoms with Gasteiger partial charge in [-0.3, -0.25) is 0 Å². The largest absolute Gasteiger partial charge is 0.390 e. The van der Waals surface area contributed by atoms with Crippen LogP contribution in [-0.4, -0.2) is 28.5 Å². The van der Waals surface area contributed by atoms with Gasteiger partial charge in [0.25, 0.3) is 0 Å². The maximum absolute atomic E-state index is 9.99. The molecule has 0 aromatic carbocycles. The van der Waals surface area contributed by atoms with Crippen LogP contribution in [0.25, 0.3) is 0 Å². The quantitative estimate of drug-likeness (QED) is 0.700. The van der Waals surface area contributed by atoms with Crippen LogP contribution in [0.5, 0.6) is 0 Å². The lowest BCUT2D eigenvalue weighted by atomic mass is 9.83. The van der Waals surface area contributed by atoms with Gasteiger partial charge in [-0.1, -0.05) is 46.0 Å². The molecule has 4 heteroatoms. The summed E-state index contributed by atoms with van der Waals surface area (Å²) in [5.74, 6) is 1.04. The summed E-state index contributed by atoms with van der Waals surface area (Å²) < 4.78 is 0. The highest BCUT2D eigenvalue weighted by Crippen LogP contribution is 2.28. The summed E-state index contributed by atoms with van der Waals surface area (Å²) in [6.45, 7) is 4.09. The second-order valence-corrected chi connectivity index (χ2v) is 6.09. The van der Waals surface area contributed by atoms with Crippen LogP contribution >= 0.6 is 12.4 Å². The van der Waals surface area contributed by atoms with Crippen molar-refractivity contribution in [3.63, 3.8) is 0 Å². The Balaban J connectivity index is 0.00000289. The summed E-state index contributed by atoms with van der Waals surface area (Å²) in [6.07, 6.45) is 6.44. The van der Waals surface area contributed by atoms with Crippen molar-refractivity contribution in [3.05, 3.63) is 0 Å². The number of hydrogen-bond donors (Lipinski definition) is 3. The van der Waals surface area contributed by atoms with Crippen molar-refractivity contribution in [3.8, 4) is 0 Å². The van der Waals surface area contributed by atoms with Gasteiger partial charge in [0.15, 0.2) is 0 Å². The molecule has 1 rings (SSSR count). The first kappa shape index (κ1) is 18.2. The van der Waals surface area contributed by atoms with Gasteiger partial charge in [0, 0.05) is 6.04 Å². The van der Waals surface area contributed by atoms with Crippen LogP contribution in [0.15, 0.2) is 0 Å². The van der Waals surface area contributed by atoms with Gasteiger partial charge in [0.2, 0.25) is 0 Å². The summed E-state index contributed by atoms with van der Waals surface area (Å²) in [7, 11) is 0. The van der Waals surface area contributed by atoms with E-state index in [0.717, 1.165) is 6.42 Å². The minimum absolute atomic E-state index is 0. The normalized spacial score (nSPS) is 22.3. The first-order chi connectivity index (χ1) is 8.00. The van der Waals surface area contributed by atoms with Crippen LogP contribution in [0.3, 0.4) is 0 Å². The molecule has 0 amide bonds. The van der Waals surface area contributed by atoms with E-state index in [9.17, 15) is 10.2 Å². The van der Waals surface area contributed by atoms with Crippen molar-refractivity contribution >= 4 is 12.4 Å². The molecule has 0 saturated heterocycles. The molecule has 0 heterocycles. The van der Waals surface area contributed by atoms with Crippen LogP contribution in [0.1, 0.15) is 58.8 Å². The third-order valence-corrected chi connectivity index (χ3v) is 3.88. The minimum Gasteiger partial charge on any atom is -0.390 e. The molecule has 0 aliphatic heterocycles. The van der Waals surface area contributed by atoms with Crippen LogP contribution in [0.2, 0.25) is 0 Å². The van der Waals surface area contributed by atoms with Crippen molar-refractivity contribution in [2.45, 2.75) is 77.0 Å². The fourth-order valence-electron chi connectivity index (χ4n) is 2.85. The van der Waals surface area contributed by atoms with E-state index >= 15 is 0 Å². The fourth-order valence-corrected chi connectivity index (χ4v) is 2.85. The van der Waals surface area contributed by atoms with Gasteiger partial charge in [0.05, 0.1) is 12.2 Å². The highest BCUT2D eigenvalue weighted by Gasteiger charge is 2.26. The Morgan fingerprint density at radius 1 is 1.11 bits per heavy atom. The van der Waals surface area contributed by atoms with E-state index < -0.39 is 12.2 Å². The molecule has 0 aromatic rings. The first-order valence-corrected chi connectivity index (χ1v) is 7.12. The number of nitrogens with two attached hydrogens (primary N) is 1. The van der Waals surface area contributed by atoms with E-state index in [1.165, 1.54) is 32.1 Å². The number of aliphatic hydroxyl groups is 2.